The highest BCUT2D eigenvalue weighted by molar-refractivity contribution is 7.69. The van der Waals surface area contributed by atoms with Crippen molar-refractivity contribution in [3.63, 3.8) is 0 Å². The third-order valence-corrected chi connectivity index (χ3v) is 1.25. The highest BCUT2D eigenvalue weighted by atomic mass is 35.7. The van der Waals surface area contributed by atoms with E-state index in [0.717, 1.165) is 0 Å². The number of hydrogen-bond donors (Lipinski definition) is 0. The molecule has 44 valence electrons. The Morgan fingerprint density at radius 2 is 2.14 bits per heavy atom. The fourth-order valence-corrected chi connectivity index (χ4v) is 1.09. The highest BCUT2D eigenvalue weighted by Gasteiger charge is 1.94. The summed E-state index contributed by atoms with van der Waals surface area (Å²) in [6.45, 7) is 3.57. The zero-order chi connectivity index (χ0) is 5.86. The first-order valence-corrected chi connectivity index (χ1v) is 4.32. The normalized spacial score (nSPS) is 14.9. The van der Waals surface area contributed by atoms with Gasteiger partial charge in [-0.2, -0.15) is 0 Å². The Bertz CT molecular complexity index is 73.3. The van der Waals surface area contributed by atoms with Crippen LogP contribution in [0.1, 0.15) is 13.8 Å². The molecule has 4 heteroatoms. The van der Waals surface area contributed by atoms with Crippen molar-refractivity contribution < 1.29 is 9.09 Å². The van der Waals surface area contributed by atoms with Crippen molar-refractivity contribution in [2.24, 2.45) is 0 Å². The Labute approximate surface area is 48.5 Å². The molecular formula is C3H8ClO2P. The van der Waals surface area contributed by atoms with Crippen molar-refractivity contribution in [3.05, 3.63) is 0 Å². The van der Waals surface area contributed by atoms with Gasteiger partial charge >= 0.3 is 0 Å². The van der Waals surface area contributed by atoms with Gasteiger partial charge in [0.25, 0.3) is 7.38 Å². The van der Waals surface area contributed by atoms with Gasteiger partial charge in [-0.3, -0.25) is 4.57 Å². The smallest absolute Gasteiger partial charge is 0.279 e. The monoisotopic (exact) mass is 142 g/mol. The van der Waals surface area contributed by atoms with Crippen LogP contribution in [0.15, 0.2) is 0 Å². The van der Waals surface area contributed by atoms with Gasteiger partial charge in [-0.25, -0.2) is 0 Å². The molecule has 0 aromatic rings. The largest absolute Gasteiger partial charge is 0.317 e. The highest BCUT2D eigenvalue weighted by Crippen LogP contribution is 2.29. The zero-order valence-corrected chi connectivity index (χ0v) is 6.03. The molecule has 0 amide bonds. The molecule has 0 aliphatic carbocycles. The van der Waals surface area contributed by atoms with Crippen LogP contribution >= 0.6 is 18.6 Å². The number of halogens is 1. The van der Waals surface area contributed by atoms with Crippen molar-refractivity contribution in [3.8, 4) is 0 Å². The van der Waals surface area contributed by atoms with E-state index < -0.39 is 7.38 Å². The van der Waals surface area contributed by atoms with Crippen LogP contribution in [-0.4, -0.2) is 6.10 Å². The summed E-state index contributed by atoms with van der Waals surface area (Å²) in [7, 11) is -2.21. The lowest BCUT2D eigenvalue weighted by atomic mass is 10.5. The second-order valence-corrected chi connectivity index (χ2v) is 3.04. The average Bonchev–Trinajstić information content (AvgIpc) is 1.27. The molecule has 0 fully saturated rings. The molecule has 0 rings (SSSR count). The molecule has 1 unspecified atom stereocenters. The Kier molecular flexibility index (Phi) is 3.72. The molecule has 0 heterocycles. The van der Waals surface area contributed by atoms with Gasteiger partial charge in [0, 0.05) is 0 Å². The molecule has 0 aromatic heterocycles. The molecule has 0 saturated carbocycles. The Morgan fingerprint density at radius 1 is 1.71 bits per heavy atom. The third kappa shape index (κ3) is 6.48. The first kappa shape index (κ1) is 7.48. The minimum absolute atomic E-state index is 0.0242. The summed E-state index contributed by atoms with van der Waals surface area (Å²) in [6.07, 6.45) is -0.0242. The first-order chi connectivity index (χ1) is 3.13. The van der Waals surface area contributed by atoms with Crippen LogP contribution in [0, 0.1) is 0 Å². The van der Waals surface area contributed by atoms with E-state index in [-0.39, 0.29) is 6.10 Å². The Morgan fingerprint density at radius 3 is 2.14 bits per heavy atom. The number of hydrogen-bond acceptors (Lipinski definition) is 2. The van der Waals surface area contributed by atoms with Crippen LogP contribution in [0.3, 0.4) is 0 Å². The van der Waals surface area contributed by atoms with Crippen molar-refractivity contribution >= 4 is 18.6 Å². The van der Waals surface area contributed by atoms with Gasteiger partial charge in [0.1, 0.15) is 0 Å². The number of rotatable bonds is 2. The molecule has 2 nitrogen and oxygen atoms in total. The summed E-state index contributed by atoms with van der Waals surface area (Å²) < 4.78 is 14.5. The van der Waals surface area contributed by atoms with Gasteiger partial charge in [-0.05, 0) is 25.1 Å². The van der Waals surface area contributed by atoms with Crippen molar-refractivity contribution in [2.45, 2.75) is 20.0 Å². The summed E-state index contributed by atoms with van der Waals surface area (Å²) in [4.78, 5) is 0. The molecular weight excluding hydrogens is 134 g/mol. The van der Waals surface area contributed by atoms with Crippen LogP contribution in [0.4, 0.5) is 0 Å². The molecule has 0 aliphatic rings. The maximum atomic E-state index is 9.98. The first-order valence-electron chi connectivity index (χ1n) is 1.99. The molecule has 7 heavy (non-hydrogen) atoms. The molecule has 1 atom stereocenters. The van der Waals surface area contributed by atoms with Crippen LogP contribution in [0.25, 0.3) is 0 Å². The minimum atomic E-state index is -2.21. The molecule has 0 aromatic carbocycles. The van der Waals surface area contributed by atoms with Crippen molar-refractivity contribution in [1.82, 2.24) is 0 Å². The standard InChI is InChI=1S/C3H8ClO2P/c1-3(2)6-7(4)5/h3,7H,1-2H3. The summed E-state index contributed by atoms with van der Waals surface area (Å²) in [5.74, 6) is 0. The summed E-state index contributed by atoms with van der Waals surface area (Å²) in [6, 6.07) is 0. The van der Waals surface area contributed by atoms with E-state index >= 15 is 0 Å². The van der Waals surface area contributed by atoms with E-state index in [1.807, 2.05) is 0 Å². The maximum absolute atomic E-state index is 9.98. The van der Waals surface area contributed by atoms with E-state index in [9.17, 15) is 4.57 Å². The Balaban J connectivity index is 3.13. The fraction of sp³-hybridized carbons (Fsp3) is 1.00. The van der Waals surface area contributed by atoms with E-state index in [4.69, 9.17) is 11.2 Å². The Hall–Kier alpha value is 0.480. The van der Waals surface area contributed by atoms with Gasteiger partial charge in [-0.15, -0.1) is 0 Å². The lowest BCUT2D eigenvalue weighted by Gasteiger charge is -1.98. The van der Waals surface area contributed by atoms with E-state index in [1.165, 1.54) is 0 Å². The molecule has 0 aliphatic heterocycles. The van der Waals surface area contributed by atoms with Crippen molar-refractivity contribution in [2.75, 3.05) is 0 Å². The van der Waals surface area contributed by atoms with E-state index in [2.05, 4.69) is 4.52 Å². The lowest BCUT2D eigenvalue weighted by Crippen LogP contribution is -1.91. The molecule has 0 radical (unpaired) electrons. The van der Waals surface area contributed by atoms with Gasteiger partial charge in [0.05, 0.1) is 6.10 Å². The second-order valence-electron chi connectivity index (χ2n) is 1.40. The van der Waals surface area contributed by atoms with E-state index in [0.29, 0.717) is 0 Å². The van der Waals surface area contributed by atoms with Gasteiger partial charge < -0.3 is 4.52 Å². The predicted octanol–water partition coefficient (Wildman–Crippen LogP) is 2.04. The summed E-state index contributed by atoms with van der Waals surface area (Å²) >= 11 is 5.00. The topological polar surface area (TPSA) is 26.3 Å². The molecule has 0 saturated heterocycles. The van der Waals surface area contributed by atoms with Gasteiger partial charge in [0.15, 0.2) is 0 Å². The SMILES string of the molecule is CC(C)O[PH](=O)Cl. The van der Waals surface area contributed by atoms with Crippen LogP contribution in [0.2, 0.25) is 0 Å². The lowest BCUT2D eigenvalue weighted by molar-refractivity contribution is 0.263. The predicted molar refractivity (Wildman–Crippen MR) is 31.1 cm³/mol. The van der Waals surface area contributed by atoms with Crippen LogP contribution in [-0.2, 0) is 9.09 Å². The van der Waals surface area contributed by atoms with E-state index in [1.54, 1.807) is 13.8 Å². The second kappa shape index (κ2) is 3.48. The molecule has 0 N–H and O–H groups in total. The van der Waals surface area contributed by atoms with Gasteiger partial charge in [0.2, 0.25) is 0 Å². The molecule has 0 spiro atoms. The van der Waals surface area contributed by atoms with Crippen molar-refractivity contribution in [1.29, 1.82) is 0 Å². The summed E-state index contributed by atoms with van der Waals surface area (Å²) in [5.41, 5.74) is 0. The van der Waals surface area contributed by atoms with Crippen LogP contribution in [0.5, 0.6) is 0 Å². The maximum Gasteiger partial charge on any atom is 0.279 e. The zero-order valence-electron chi connectivity index (χ0n) is 4.27. The third-order valence-electron chi connectivity index (χ3n) is 0.328. The quantitative estimate of drug-likeness (QED) is 0.552. The van der Waals surface area contributed by atoms with Gasteiger partial charge in [-0.1, -0.05) is 0 Å². The minimum Gasteiger partial charge on any atom is -0.317 e. The van der Waals surface area contributed by atoms with Crippen LogP contribution < -0.4 is 0 Å². The molecule has 0 bridgehead atoms. The average molecular weight is 143 g/mol. The fourth-order valence-electron chi connectivity index (χ4n) is 0.185. The summed E-state index contributed by atoms with van der Waals surface area (Å²) in [5, 5.41) is 0.